The van der Waals surface area contributed by atoms with Crippen molar-refractivity contribution >= 4 is 17.1 Å². The smallest absolute Gasteiger partial charge is 0.210 e. The molecule has 6 nitrogen and oxygen atoms in total. The Labute approximate surface area is 169 Å². The molecule has 148 valence electrons. The molecule has 3 aromatic rings. The Bertz CT molecular complexity index is 1080. The van der Waals surface area contributed by atoms with Crippen molar-refractivity contribution < 1.29 is 18.7 Å². The monoisotopic (exact) mass is 390 g/mol. The molecule has 0 amide bonds. The molecule has 0 aliphatic carbocycles. The average Bonchev–Trinajstić information content (AvgIpc) is 3.29. The number of carbonyl (C=O) groups excluding carboxylic acids is 1. The van der Waals surface area contributed by atoms with E-state index in [0.717, 1.165) is 22.4 Å². The number of aryl methyl sites for hydroxylation is 2. The second-order valence-electron chi connectivity index (χ2n) is 7.61. The summed E-state index contributed by atoms with van der Waals surface area (Å²) in [4.78, 5) is 21.5. The molecule has 0 N–H and O–H groups in total. The summed E-state index contributed by atoms with van der Waals surface area (Å²) in [6.07, 6.45) is 4.62. The minimum atomic E-state index is -0.951. The molecule has 3 heterocycles. The van der Waals surface area contributed by atoms with Gasteiger partial charge in [0.1, 0.15) is 24.3 Å². The van der Waals surface area contributed by atoms with Gasteiger partial charge in [-0.3, -0.25) is 9.78 Å². The summed E-state index contributed by atoms with van der Waals surface area (Å²) >= 11 is 0. The summed E-state index contributed by atoms with van der Waals surface area (Å²) in [6, 6.07) is 9.46. The maximum absolute atomic E-state index is 12.9. The number of hydrogen-bond donors (Lipinski definition) is 0. The zero-order chi connectivity index (χ0) is 20.6. The fourth-order valence-electron chi connectivity index (χ4n) is 3.29. The second-order valence-corrected chi connectivity index (χ2v) is 7.61. The van der Waals surface area contributed by atoms with Crippen LogP contribution in [0.4, 0.5) is 0 Å². The van der Waals surface area contributed by atoms with Crippen LogP contribution in [0.25, 0.3) is 11.3 Å². The molecule has 0 bridgehead atoms. The zero-order valence-corrected chi connectivity index (χ0v) is 16.9. The second kappa shape index (κ2) is 7.20. The highest BCUT2D eigenvalue weighted by atomic mass is 16.5. The molecule has 1 aliphatic heterocycles. The third-order valence-electron chi connectivity index (χ3n) is 4.87. The third kappa shape index (κ3) is 3.66. The number of pyridine rings is 1. The Morgan fingerprint density at radius 2 is 1.86 bits per heavy atom. The molecule has 0 unspecified atom stereocenters. The lowest BCUT2D eigenvalue weighted by Gasteiger charge is -2.16. The van der Waals surface area contributed by atoms with Crippen molar-refractivity contribution in [3.8, 4) is 5.75 Å². The van der Waals surface area contributed by atoms with Crippen LogP contribution in [-0.4, -0.2) is 21.4 Å². The Morgan fingerprint density at radius 1 is 1.10 bits per heavy atom. The number of aromatic nitrogens is 2. The Morgan fingerprint density at radius 3 is 2.52 bits per heavy atom. The molecular formula is C23H22N2O4. The number of oxazole rings is 1. The van der Waals surface area contributed by atoms with E-state index in [1.807, 2.05) is 44.3 Å². The predicted molar refractivity (Wildman–Crippen MR) is 108 cm³/mol. The first-order chi connectivity index (χ1) is 13.8. The molecule has 4 rings (SSSR count). The lowest BCUT2D eigenvalue weighted by molar-refractivity contribution is -0.125. The summed E-state index contributed by atoms with van der Waals surface area (Å²) in [5.41, 5.74) is 3.91. The van der Waals surface area contributed by atoms with E-state index in [9.17, 15) is 4.79 Å². The molecule has 0 spiro atoms. The fraction of sp³-hybridized carbons (Fsp3) is 0.261. The van der Waals surface area contributed by atoms with Crippen molar-refractivity contribution in [2.75, 3.05) is 0 Å². The summed E-state index contributed by atoms with van der Waals surface area (Å²) in [5, 5.41) is 0. The van der Waals surface area contributed by atoms with Gasteiger partial charge in [0.15, 0.2) is 17.8 Å². The lowest BCUT2D eigenvalue weighted by atomic mass is 9.93. The van der Waals surface area contributed by atoms with E-state index in [4.69, 9.17) is 13.9 Å². The van der Waals surface area contributed by atoms with E-state index in [1.165, 1.54) is 12.7 Å². The van der Waals surface area contributed by atoms with Crippen molar-refractivity contribution in [3.63, 3.8) is 0 Å². The standard InChI is InChI=1S/C23H22N2O4/c1-14-9-15(2)18(24-10-14)12-28-17-7-5-16(6-8-17)20-21(19-11-27-13-25-19)29-23(3,4)22(20)26/h5-11,13H,12H2,1-4H3. The van der Waals surface area contributed by atoms with E-state index in [-0.39, 0.29) is 5.78 Å². The van der Waals surface area contributed by atoms with Crippen LogP contribution in [0.1, 0.15) is 41.9 Å². The van der Waals surface area contributed by atoms with Gasteiger partial charge in [0.25, 0.3) is 0 Å². The Hall–Kier alpha value is -3.41. The predicted octanol–water partition coefficient (Wildman–Crippen LogP) is 4.51. The van der Waals surface area contributed by atoms with Gasteiger partial charge in [-0.05, 0) is 56.5 Å². The van der Waals surface area contributed by atoms with Crippen molar-refractivity contribution in [3.05, 3.63) is 77.3 Å². The maximum Gasteiger partial charge on any atom is 0.210 e. The van der Waals surface area contributed by atoms with E-state index < -0.39 is 5.60 Å². The number of benzene rings is 1. The van der Waals surface area contributed by atoms with Crippen molar-refractivity contribution in [1.29, 1.82) is 0 Å². The maximum atomic E-state index is 12.9. The highest BCUT2D eigenvalue weighted by Gasteiger charge is 2.43. The van der Waals surface area contributed by atoms with Crippen LogP contribution in [0.5, 0.6) is 5.75 Å². The Kier molecular flexibility index (Phi) is 4.70. The first-order valence-electron chi connectivity index (χ1n) is 9.37. The highest BCUT2D eigenvalue weighted by Crippen LogP contribution is 2.41. The summed E-state index contributed by atoms with van der Waals surface area (Å²) in [6.45, 7) is 7.91. The molecule has 6 heteroatoms. The van der Waals surface area contributed by atoms with E-state index in [0.29, 0.717) is 29.4 Å². The average molecular weight is 390 g/mol. The highest BCUT2D eigenvalue weighted by molar-refractivity contribution is 6.32. The van der Waals surface area contributed by atoms with Gasteiger partial charge in [0.2, 0.25) is 5.78 Å². The number of hydrogen-bond acceptors (Lipinski definition) is 6. The van der Waals surface area contributed by atoms with Crippen LogP contribution in [0.2, 0.25) is 0 Å². The first kappa shape index (κ1) is 18.9. The SMILES string of the molecule is Cc1cnc(COc2ccc(C3=C(c4cocn4)OC(C)(C)C3=O)cc2)c(C)c1. The number of nitrogens with zero attached hydrogens (tertiary/aromatic N) is 2. The molecule has 1 aliphatic rings. The van der Waals surface area contributed by atoms with E-state index in [1.54, 1.807) is 13.8 Å². The number of ketones is 1. The van der Waals surface area contributed by atoms with E-state index in [2.05, 4.69) is 16.0 Å². The van der Waals surface area contributed by atoms with Gasteiger partial charge in [-0.15, -0.1) is 0 Å². The largest absolute Gasteiger partial charge is 0.487 e. The van der Waals surface area contributed by atoms with Gasteiger partial charge in [0, 0.05) is 6.20 Å². The van der Waals surface area contributed by atoms with Crippen LogP contribution in [-0.2, 0) is 16.1 Å². The molecule has 1 aromatic carbocycles. The summed E-state index contributed by atoms with van der Waals surface area (Å²) in [7, 11) is 0. The minimum absolute atomic E-state index is 0.0938. The van der Waals surface area contributed by atoms with Gasteiger partial charge in [-0.25, -0.2) is 4.98 Å². The summed E-state index contributed by atoms with van der Waals surface area (Å²) < 4.78 is 16.8. The van der Waals surface area contributed by atoms with Gasteiger partial charge >= 0.3 is 0 Å². The molecular weight excluding hydrogens is 368 g/mol. The fourth-order valence-corrected chi connectivity index (χ4v) is 3.29. The first-order valence-corrected chi connectivity index (χ1v) is 9.37. The molecule has 0 saturated carbocycles. The van der Waals surface area contributed by atoms with Crippen LogP contribution >= 0.6 is 0 Å². The molecule has 0 saturated heterocycles. The Balaban J connectivity index is 1.58. The number of ether oxygens (including phenoxy) is 2. The number of carbonyl (C=O) groups is 1. The van der Waals surface area contributed by atoms with Gasteiger partial charge in [-0.2, -0.15) is 0 Å². The van der Waals surface area contributed by atoms with Gasteiger partial charge < -0.3 is 13.9 Å². The molecule has 0 radical (unpaired) electrons. The number of rotatable bonds is 5. The van der Waals surface area contributed by atoms with Crippen LogP contribution in [0.15, 0.2) is 53.6 Å². The lowest BCUT2D eigenvalue weighted by Crippen LogP contribution is -2.29. The zero-order valence-electron chi connectivity index (χ0n) is 16.9. The van der Waals surface area contributed by atoms with Crippen molar-refractivity contribution in [1.82, 2.24) is 9.97 Å². The van der Waals surface area contributed by atoms with E-state index >= 15 is 0 Å². The number of Topliss-reactive ketones (excluding diaryl/α,β-unsaturated/α-hetero) is 1. The summed E-state index contributed by atoms with van der Waals surface area (Å²) in [5.74, 6) is 1.04. The van der Waals surface area contributed by atoms with Crippen molar-refractivity contribution in [2.24, 2.45) is 0 Å². The normalized spacial score (nSPS) is 15.5. The van der Waals surface area contributed by atoms with Crippen LogP contribution < -0.4 is 4.74 Å². The topological polar surface area (TPSA) is 74.5 Å². The molecule has 0 fully saturated rings. The van der Waals surface area contributed by atoms with Gasteiger partial charge in [-0.1, -0.05) is 18.2 Å². The quantitative estimate of drug-likeness (QED) is 0.638. The molecule has 29 heavy (non-hydrogen) atoms. The van der Waals surface area contributed by atoms with Gasteiger partial charge in [0.05, 0.1) is 11.3 Å². The minimum Gasteiger partial charge on any atom is -0.487 e. The molecule has 0 atom stereocenters. The van der Waals surface area contributed by atoms with Crippen LogP contribution in [0.3, 0.4) is 0 Å². The van der Waals surface area contributed by atoms with Crippen molar-refractivity contribution in [2.45, 2.75) is 39.9 Å². The third-order valence-corrected chi connectivity index (χ3v) is 4.87. The van der Waals surface area contributed by atoms with Crippen LogP contribution in [0, 0.1) is 13.8 Å². The molecule has 2 aromatic heterocycles.